The maximum atomic E-state index is 10.9. The summed E-state index contributed by atoms with van der Waals surface area (Å²) in [6, 6.07) is 14.8. The number of ether oxygens (including phenoxy) is 1. The van der Waals surface area contributed by atoms with Gasteiger partial charge in [-0.05, 0) is 35.4 Å². The number of hydrogen-bond donors (Lipinski definition) is 1. The van der Waals surface area contributed by atoms with E-state index in [4.69, 9.17) is 9.84 Å². The Morgan fingerprint density at radius 2 is 1.75 bits per heavy atom. The van der Waals surface area contributed by atoms with Crippen LogP contribution in [0.1, 0.15) is 27.3 Å². The van der Waals surface area contributed by atoms with E-state index in [1.54, 1.807) is 25.4 Å². The first-order valence-corrected chi connectivity index (χ1v) is 7.61. The number of aromatic nitrogens is 2. The van der Waals surface area contributed by atoms with Crippen LogP contribution in [-0.2, 0) is 13.0 Å². The molecule has 1 heterocycles. The van der Waals surface area contributed by atoms with Crippen molar-refractivity contribution < 1.29 is 14.6 Å². The number of methoxy groups -OCH3 is 1. The zero-order valence-electron chi connectivity index (χ0n) is 13.3. The number of carbonyl (C=O) groups is 1. The molecule has 0 aliphatic heterocycles. The lowest BCUT2D eigenvalue weighted by atomic mass is 10.1. The van der Waals surface area contributed by atoms with Crippen LogP contribution in [0.2, 0.25) is 0 Å². The van der Waals surface area contributed by atoms with Gasteiger partial charge in [0, 0.05) is 25.4 Å². The minimum atomic E-state index is -0.913. The Morgan fingerprint density at radius 1 is 1.08 bits per heavy atom. The molecule has 1 N–H and O–H groups in total. The Balaban J connectivity index is 1.73. The van der Waals surface area contributed by atoms with E-state index in [2.05, 4.69) is 9.55 Å². The first-order valence-electron chi connectivity index (χ1n) is 7.61. The Morgan fingerprint density at radius 3 is 2.38 bits per heavy atom. The maximum absolute atomic E-state index is 10.9. The third-order valence-corrected chi connectivity index (χ3v) is 3.88. The number of hydrogen-bond acceptors (Lipinski definition) is 3. The lowest BCUT2D eigenvalue weighted by Gasteiger charge is -2.09. The van der Waals surface area contributed by atoms with Gasteiger partial charge in [-0.2, -0.15) is 0 Å². The molecule has 5 nitrogen and oxygen atoms in total. The number of aromatic carboxylic acids is 1. The van der Waals surface area contributed by atoms with Gasteiger partial charge in [0.25, 0.3) is 0 Å². The van der Waals surface area contributed by atoms with Crippen molar-refractivity contribution in [3.8, 4) is 5.75 Å². The molecule has 5 heteroatoms. The fraction of sp³-hybridized carbons (Fsp3) is 0.158. The smallest absolute Gasteiger partial charge is 0.335 e. The van der Waals surface area contributed by atoms with E-state index in [0.29, 0.717) is 12.1 Å². The minimum Gasteiger partial charge on any atom is -0.497 e. The van der Waals surface area contributed by atoms with Crippen molar-refractivity contribution >= 4 is 5.97 Å². The highest BCUT2D eigenvalue weighted by atomic mass is 16.5. The fourth-order valence-electron chi connectivity index (χ4n) is 2.53. The molecular formula is C19H18N2O3. The predicted molar refractivity (Wildman–Crippen MR) is 90.5 cm³/mol. The molecular weight excluding hydrogens is 304 g/mol. The topological polar surface area (TPSA) is 64.4 Å². The second-order valence-corrected chi connectivity index (χ2v) is 5.50. The van der Waals surface area contributed by atoms with Gasteiger partial charge in [-0.15, -0.1) is 0 Å². The number of carboxylic acids is 1. The van der Waals surface area contributed by atoms with Gasteiger partial charge in [0.1, 0.15) is 11.6 Å². The highest BCUT2D eigenvalue weighted by molar-refractivity contribution is 5.87. The monoisotopic (exact) mass is 322 g/mol. The van der Waals surface area contributed by atoms with Gasteiger partial charge in [0.2, 0.25) is 0 Å². The largest absolute Gasteiger partial charge is 0.497 e. The Hall–Kier alpha value is -3.08. The van der Waals surface area contributed by atoms with Crippen LogP contribution in [0, 0.1) is 0 Å². The normalized spacial score (nSPS) is 10.5. The van der Waals surface area contributed by atoms with E-state index in [1.807, 2.05) is 42.6 Å². The molecule has 122 valence electrons. The first-order chi connectivity index (χ1) is 11.7. The molecule has 3 rings (SSSR count). The van der Waals surface area contributed by atoms with Crippen LogP contribution in [0.4, 0.5) is 0 Å². The molecule has 0 aliphatic rings. The molecule has 2 aromatic carbocycles. The van der Waals surface area contributed by atoms with Gasteiger partial charge < -0.3 is 14.4 Å². The first kappa shape index (κ1) is 15.8. The molecule has 0 unspecified atom stereocenters. The Kier molecular flexibility index (Phi) is 4.61. The molecule has 1 aromatic heterocycles. The zero-order valence-corrected chi connectivity index (χ0v) is 13.3. The second-order valence-electron chi connectivity index (χ2n) is 5.50. The van der Waals surface area contributed by atoms with Crippen LogP contribution in [0.25, 0.3) is 0 Å². The zero-order chi connectivity index (χ0) is 16.9. The Labute approximate surface area is 140 Å². The molecule has 0 spiro atoms. The third kappa shape index (κ3) is 3.63. The summed E-state index contributed by atoms with van der Waals surface area (Å²) in [5, 5.41) is 8.95. The van der Waals surface area contributed by atoms with Crippen LogP contribution in [-0.4, -0.2) is 27.7 Å². The average Bonchev–Trinajstić information content (AvgIpc) is 3.03. The summed E-state index contributed by atoms with van der Waals surface area (Å²) in [7, 11) is 1.65. The predicted octanol–water partition coefficient (Wildman–Crippen LogP) is 3.23. The van der Waals surface area contributed by atoms with Gasteiger partial charge in [0.15, 0.2) is 0 Å². The van der Waals surface area contributed by atoms with Gasteiger partial charge in [-0.1, -0.05) is 24.3 Å². The molecule has 24 heavy (non-hydrogen) atoms. The molecule has 0 bridgehead atoms. The SMILES string of the molecule is COc1ccc(Cc2nccn2Cc2ccc(C(=O)O)cc2)cc1. The van der Waals surface area contributed by atoms with Gasteiger partial charge >= 0.3 is 5.97 Å². The number of benzene rings is 2. The molecule has 0 atom stereocenters. The molecule has 0 radical (unpaired) electrons. The van der Waals surface area contributed by atoms with Crippen LogP contribution in [0.15, 0.2) is 60.9 Å². The summed E-state index contributed by atoms with van der Waals surface area (Å²) in [5.41, 5.74) is 2.49. The number of carboxylic acid groups (broad SMARTS) is 1. The quantitative estimate of drug-likeness (QED) is 0.757. The summed E-state index contributed by atoms with van der Waals surface area (Å²) in [6.07, 6.45) is 4.44. The third-order valence-electron chi connectivity index (χ3n) is 3.88. The highest BCUT2D eigenvalue weighted by Crippen LogP contribution is 2.15. The highest BCUT2D eigenvalue weighted by Gasteiger charge is 2.07. The molecule has 0 aliphatic carbocycles. The van der Waals surface area contributed by atoms with Crippen molar-refractivity contribution in [1.82, 2.24) is 9.55 Å². The summed E-state index contributed by atoms with van der Waals surface area (Å²) in [6.45, 7) is 0.658. The average molecular weight is 322 g/mol. The summed E-state index contributed by atoms with van der Waals surface area (Å²) in [4.78, 5) is 15.3. The van der Waals surface area contributed by atoms with E-state index >= 15 is 0 Å². The van der Waals surface area contributed by atoms with Crippen LogP contribution < -0.4 is 4.74 Å². The summed E-state index contributed by atoms with van der Waals surface area (Å²) < 4.78 is 7.24. The van der Waals surface area contributed by atoms with E-state index in [1.165, 1.54) is 0 Å². The van der Waals surface area contributed by atoms with Crippen molar-refractivity contribution in [2.45, 2.75) is 13.0 Å². The van der Waals surface area contributed by atoms with Crippen LogP contribution in [0.3, 0.4) is 0 Å². The lowest BCUT2D eigenvalue weighted by molar-refractivity contribution is 0.0697. The van der Waals surface area contributed by atoms with Crippen LogP contribution in [0.5, 0.6) is 5.75 Å². The summed E-state index contributed by atoms with van der Waals surface area (Å²) >= 11 is 0. The van der Waals surface area contributed by atoms with Gasteiger partial charge in [0.05, 0.1) is 12.7 Å². The van der Waals surface area contributed by atoms with Gasteiger partial charge in [-0.25, -0.2) is 9.78 Å². The lowest BCUT2D eigenvalue weighted by Crippen LogP contribution is -2.05. The number of nitrogens with zero attached hydrogens (tertiary/aromatic N) is 2. The van der Waals surface area contributed by atoms with E-state index in [-0.39, 0.29) is 0 Å². The maximum Gasteiger partial charge on any atom is 0.335 e. The van der Waals surface area contributed by atoms with Crippen molar-refractivity contribution in [2.75, 3.05) is 7.11 Å². The van der Waals surface area contributed by atoms with E-state index in [9.17, 15) is 4.79 Å². The minimum absolute atomic E-state index is 0.294. The van der Waals surface area contributed by atoms with E-state index in [0.717, 1.165) is 29.1 Å². The van der Waals surface area contributed by atoms with E-state index < -0.39 is 5.97 Å². The van der Waals surface area contributed by atoms with Gasteiger partial charge in [-0.3, -0.25) is 0 Å². The number of imidazole rings is 1. The fourth-order valence-corrected chi connectivity index (χ4v) is 2.53. The molecule has 0 fully saturated rings. The van der Waals surface area contributed by atoms with Crippen LogP contribution >= 0.6 is 0 Å². The molecule has 0 amide bonds. The van der Waals surface area contributed by atoms with Crippen molar-refractivity contribution in [2.24, 2.45) is 0 Å². The molecule has 0 saturated heterocycles. The molecule has 0 saturated carbocycles. The summed E-state index contributed by atoms with van der Waals surface area (Å²) in [5.74, 6) is 0.882. The van der Waals surface area contributed by atoms with Crippen molar-refractivity contribution in [1.29, 1.82) is 0 Å². The molecule has 3 aromatic rings. The Bertz CT molecular complexity index is 821. The van der Waals surface area contributed by atoms with Crippen molar-refractivity contribution in [3.05, 3.63) is 83.4 Å². The standard InChI is InChI=1S/C19H18N2O3/c1-24-17-8-4-14(5-9-17)12-18-20-10-11-21(18)13-15-2-6-16(7-3-15)19(22)23/h2-11H,12-13H2,1H3,(H,22,23). The number of rotatable bonds is 6. The second kappa shape index (κ2) is 7.00. The van der Waals surface area contributed by atoms with Crippen molar-refractivity contribution in [3.63, 3.8) is 0 Å².